The van der Waals surface area contributed by atoms with Crippen molar-refractivity contribution in [3.05, 3.63) is 53.8 Å². The lowest BCUT2D eigenvalue weighted by Gasteiger charge is -2.02. The first-order valence-electron chi connectivity index (χ1n) is 6.27. The lowest BCUT2D eigenvalue weighted by Crippen LogP contribution is -2.02. The molecule has 0 aliphatic heterocycles. The van der Waals surface area contributed by atoms with E-state index in [0.717, 1.165) is 11.1 Å². The van der Waals surface area contributed by atoms with Crippen molar-refractivity contribution in [3.8, 4) is 10.9 Å². The summed E-state index contributed by atoms with van der Waals surface area (Å²) in [5.74, 6) is 0.422. The predicted octanol–water partition coefficient (Wildman–Crippen LogP) is 3.73. The molecule has 3 aromatic rings. The molecule has 0 fully saturated rings. The van der Waals surface area contributed by atoms with Crippen molar-refractivity contribution in [1.29, 1.82) is 0 Å². The molecule has 20 heavy (non-hydrogen) atoms. The first kappa shape index (κ1) is 13.0. The molecule has 0 radical (unpaired) electrons. The maximum Gasteiger partial charge on any atom is 0.279 e. The van der Waals surface area contributed by atoms with E-state index in [4.69, 9.17) is 10.5 Å². The van der Waals surface area contributed by atoms with Crippen LogP contribution in [-0.2, 0) is 6.42 Å². The number of fused-ring (bicyclic) bond motifs is 1. The fourth-order valence-corrected chi connectivity index (χ4v) is 2.73. The number of benzene rings is 2. The number of nitrogens with two attached hydrogens (primary N) is 1. The smallest absolute Gasteiger partial charge is 0.279 e. The highest BCUT2D eigenvalue weighted by atomic mass is 32.1. The van der Waals surface area contributed by atoms with Gasteiger partial charge in [0.25, 0.3) is 5.19 Å². The normalized spacial score (nSPS) is 10.9. The van der Waals surface area contributed by atoms with E-state index < -0.39 is 0 Å². The predicted molar refractivity (Wildman–Crippen MR) is 78.9 cm³/mol. The Morgan fingerprint density at radius 1 is 1.15 bits per heavy atom. The number of halogens is 1. The molecule has 0 unspecified atom stereocenters. The number of hydrogen-bond acceptors (Lipinski definition) is 4. The topological polar surface area (TPSA) is 48.1 Å². The van der Waals surface area contributed by atoms with Crippen LogP contribution in [0.2, 0.25) is 0 Å². The van der Waals surface area contributed by atoms with Gasteiger partial charge in [-0.3, -0.25) is 0 Å². The third-order valence-electron chi connectivity index (χ3n) is 2.89. The van der Waals surface area contributed by atoms with Crippen LogP contribution in [0.4, 0.5) is 4.39 Å². The van der Waals surface area contributed by atoms with Crippen molar-refractivity contribution >= 4 is 21.6 Å². The van der Waals surface area contributed by atoms with Crippen LogP contribution in [0.15, 0.2) is 42.5 Å². The van der Waals surface area contributed by atoms with E-state index in [9.17, 15) is 4.39 Å². The third-order valence-corrected chi connectivity index (χ3v) is 3.81. The molecule has 2 aromatic carbocycles. The van der Waals surface area contributed by atoms with Gasteiger partial charge < -0.3 is 10.5 Å². The van der Waals surface area contributed by atoms with Crippen LogP contribution < -0.4 is 10.5 Å². The number of hydrogen-bond donors (Lipinski definition) is 1. The number of thiazole rings is 1. The van der Waals surface area contributed by atoms with Crippen molar-refractivity contribution in [3.63, 3.8) is 0 Å². The quantitative estimate of drug-likeness (QED) is 0.795. The summed E-state index contributed by atoms with van der Waals surface area (Å²) in [6.07, 6.45) is 0.848. The summed E-state index contributed by atoms with van der Waals surface area (Å²) in [7, 11) is 0. The molecule has 1 heterocycles. The SMILES string of the molecule is NCCc1ccc(Oc2nc3cc(F)ccc3s2)cc1. The summed E-state index contributed by atoms with van der Waals surface area (Å²) in [6, 6.07) is 12.3. The van der Waals surface area contributed by atoms with Crippen LogP contribution >= 0.6 is 11.3 Å². The van der Waals surface area contributed by atoms with Gasteiger partial charge >= 0.3 is 0 Å². The van der Waals surface area contributed by atoms with E-state index in [-0.39, 0.29) is 5.82 Å². The van der Waals surface area contributed by atoms with Gasteiger partial charge in [0.05, 0.1) is 10.2 Å². The molecule has 0 atom stereocenters. The Hall–Kier alpha value is -1.98. The second kappa shape index (κ2) is 5.56. The minimum atomic E-state index is -0.291. The fourth-order valence-electron chi connectivity index (χ4n) is 1.91. The van der Waals surface area contributed by atoms with E-state index in [2.05, 4.69) is 4.98 Å². The monoisotopic (exact) mass is 288 g/mol. The highest BCUT2D eigenvalue weighted by molar-refractivity contribution is 7.20. The van der Waals surface area contributed by atoms with Crippen molar-refractivity contribution in [2.75, 3.05) is 6.54 Å². The summed E-state index contributed by atoms with van der Waals surface area (Å²) in [4.78, 5) is 4.26. The number of rotatable bonds is 4. The Labute approximate surface area is 119 Å². The van der Waals surface area contributed by atoms with Gasteiger partial charge in [-0.2, -0.15) is 0 Å². The molecule has 3 nitrogen and oxygen atoms in total. The zero-order valence-corrected chi connectivity index (χ0v) is 11.5. The summed E-state index contributed by atoms with van der Waals surface area (Å²) in [5, 5.41) is 0.511. The average Bonchev–Trinajstić information content (AvgIpc) is 2.82. The molecule has 0 aliphatic rings. The Bertz CT molecular complexity index is 724. The minimum Gasteiger partial charge on any atom is -0.431 e. The highest BCUT2D eigenvalue weighted by Gasteiger charge is 2.07. The van der Waals surface area contributed by atoms with Crippen LogP contribution in [0.3, 0.4) is 0 Å². The van der Waals surface area contributed by atoms with Crippen molar-refractivity contribution < 1.29 is 9.13 Å². The first-order valence-corrected chi connectivity index (χ1v) is 7.09. The van der Waals surface area contributed by atoms with Gasteiger partial charge in [0.2, 0.25) is 0 Å². The maximum absolute atomic E-state index is 13.1. The van der Waals surface area contributed by atoms with Gasteiger partial charge in [-0.05, 0) is 42.8 Å². The molecule has 102 valence electrons. The zero-order valence-electron chi connectivity index (χ0n) is 10.7. The van der Waals surface area contributed by atoms with Gasteiger partial charge in [-0.25, -0.2) is 9.37 Å². The number of aromatic nitrogens is 1. The lowest BCUT2D eigenvalue weighted by atomic mass is 10.1. The Morgan fingerprint density at radius 2 is 1.95 bits per heavy atom. The van der Waals surface area contributed by atoms with E-state index >= 15 is 0 Å². The molecule has 0 saturated heterocycles. The van der Waals surface area contributed by atoms with Crippen LogP contribution in [0, 0.1) is 5.82 Å². The Morgan fingerprint density at radius 3 is 2.70 bits per heavy atom. The van der Waals surface area contributed by atoms with Gasteiger partial charge in [0, 0.05) is 6.07 Å². The molecule has 0 saturated carbocycles. The molecular weight excluding hydrogens is 275 g/mol. The summed E-state index contributed by atoms with van der Waals surface area (Å²) in [6.45, 7) is 0.629. The zero-order chi connectivity index (χ0) is 13.9. The van der Waals surface area contributed by atoms with Crippen LogP contribution in [0.1, 0.15) is 5.56 Å². The van der Waals surface area contributed by atoms with E-state index in [1.165, 1.54) is 29.0 Å². The van der Waals surface area contributed by atoms with Gasteiger partial charge in [0.1, 0.15) is 11.6 Å². The molecule has 5 heteroatoms. The molecule has 0 amide bonds. The van der Waals surface area contributed by atoms with Crippen molar-refractivity contribution in [2.24, 2.45) is 5.73 Å². The minimum absolute atomic E-state index is 0.291. The molecule has 1 aromatic heterocycles. The van der Waals surface area contributed by atoms with E-state index in [0.29, 0.717) is 23.0 Å². The van der Waals surface area contributed by atoms with Crippen LogP contribution in [0.5, 0.6) is 10.9 Å². The average molecular weight is 288 g/mol. The van der Waals surface area contributed by atoms with Crippen molar-refractivity contribution in [2.45, 2.75) is 6.42 Å². The molecule has 0 spiro atoms. The summed E-state index contributed by atoms with van der Waals surface area (Å²) < 4.78 is 19.7. The third kappa shape index (κ3) is 2.79. The van der Waals surface area contributed by atoms with E-state index in [1.807, 2.05) is 24.3 Å². The maximum atomic E-state index is 13.1. The van der Waals surface area contributed by atoms with Crippen LogP contribution in [-0.4, -0.2) is 11.5 Å². The number of nitrogens with zero attached hydrogens (tertiary/aromatic N) is 1. The molecule has 0 aliphatic carbocycles. The Kier molecular flexibility index (Phi) is 3.62. The summed E-state index contributed by atoms with van der Waals surface area (Å²) in [5.41, 5.74) is 7.30. The Balaban J connectivity index is 1.81. The largest absolute Gasteiger partial charge is 0.431 e. The van der Waals surface area contributed by atoms with Gasteiger partial charge in [0.15, 0.2) is 0 Å². The molecule has 3 rings (SSSR count). The van der Waals surface area contributed by atoms with Gasteiger partial charge in [-0.1, -0.05) is 23.5 Å². The lowest BCUT2D eigenvalue weighted by molar-refractivity contribution is 0.480. The van der Waals surface area contributed by atoms with Gasteiger partial charge in [-0.15, -0.1) is 0 Å². The van der Waals surface area contributed by atoms with Crippen LogP contribution in [0.25, 0.3) is 10.2 Å². The summed E-state index contributed by atoms with van der Waals surface area (Å²) >= 11 is 1.40. The second-order valence-electron chi connectivity index (χ2n) is 4.38. The fraction of sp³-hybridized carbons (Fsp3) is 0.133. The van der Waals surface area contributed by atoms with Crippen molar-refractivity contribution in [1.82, 2.24) is 4.98 Å². The standard InChI is InChI=1S/C15H13FN2OS/c16-11-3-6-14-13(9-11)18-15(20-14)19-12-4-1-10(2-5-12)7-8-17/h1-6,9H,7-8,17H2. The highest BCUT2D eigenvalue weighted by Crippen LogP contribution is 2.31. The van der Waals surface area contributed by atoms with E-state index in [1.54, 1.807) is 6.07 Å². The first-order chi connectivity index (χ1) is 9.74. The molecular formula is C15H13FN2OS. The number of ether oxygens (including phenoxy) is 1. The second-order valence-corrected chi connectivity index (χ2v) is 5.37. The molecule has 0 bridgehead atoms. The molecule has 2 N–H and O–H groups in total.